The molecule has 4 heteroatoms. The standard InChI is InChI=1S/C10H15.3CO.Fe/c1-8(2)7-10-6-4-5-9(10)3;3*1-2;/h5,8H,4,7H2,1-3H3;;;;. The molecule has 93 valence electrons. The van der Waals surface area contributed by atoms with E-state index in [-0.39, 0.29) is 0 Å². The number of hydrogen-bond donors (Lipinski definition) is 0. The third-order valence-corrected chi connectivity index (χ3v) is 2.55. The smallest absolute Gasteiger partial charge is 0.281 e. The van der Waals surface area contributed by atoms with Crippen LogP contribution in [0.4, 0.5) is 0 Å². The molecule has 0 saturated carbocycles. The molecular weight excluding hydrogens is 260 g/mol. The van der Waals surface area contributed by atoms with Gasteiger partial charge in [-0.1, -0.05) is 0 Å². The van der Waals surface area contributed by atoms with Crippen molar-refractivity contribution in [1.29, 1.82) is 0 Å². The first kappa shape index (κ1) is 21.3. The molecule has 3 nitrogen and oxygen atoms in total. The van der Waals surface area contributed by atoms with Crippen LogP contribution >= 0.6 is 0 Å². The van der Waals surface area contributed by atoms with E-state index in [2.05, 4.69) is 63.2 Å². The van der Waals surface area contributed by atoms with Crippen molar-refractivity contribution in [2.24, 2.45) is 5.92 Å². The summed E-state index contributed by atoms with van der Waals surface area (Å²) >= 11 is 4.05. The van der Waals surface area contributed by atoms with Crippen molar-refractivity contribution in [2.45, 2.75) is 33.6 Å². The van der Waals surface area contributed by atoms with Crippen LogP contribution in [0.15, 0.2) is 21.7 Å². The Kier molecular flexibility index (Phi) is 18.8. The van der Waals surface area contributed by atoms with Crippen molar-refractivity contribution < 1.29 is 30.4 Å². The SMILES string of the molecule is CC1=CC[C]([Fe])=C1CC(C)C.[C]=O.[C]=O.[C]=O. The molecule has 1 aliphatic carbocycles. The normalized spacial score (nSPS) is 12.4. The van der Waals surface area contributed by atoms with Crippen LogP contribution in [0.2, 0.25) is 0 Å². The average molecular weight is 275 g/mol. The van der Waals surface area contributed by atoms with Crippen molar-refractivity contribution in [3.63, 3.8) is 0 Å². The Morgan fingerprint density at radius 3 is 1.82 bits per heavy atom. The fraction of sp³-hybridized carbons (Fsp3) is 0.462. The maximum Gasteiger partial charge on any atom is 0.281 e. The van der Waals surface area contributed by atoms with Crippen LogP contribution in [0.5, 0.6) is 0 Å². The van der Waals surface area contributed by atoms with E-state index in [0.29, 0.717) is 0 Å². The fourth-order valence-corrected chi connectivity index (χ4v) is 1.82. The summed E-state index contributed by atoms with van der Waals surface area (Å²) in [7, 11) is 0. The first-order valence-corrected chi connectivity index (χ1v) is 5.31. The Balaban J connectivity index is -0.000000285. The second-order valence-electron chi connectivity index (χ2n) is 3.56. The van der Waals surface area contributed by atoms with Gasteiger partial charge in [-0.15, -0.1) is 0 Å². The second kappa shape index (κ2) is 15.0. The van der Waals surface area contributed by atoms with Gasteiger partial charge in [0, 0.05) is 0 Å². The van der Waals surface area contributed by atoms with E-state index in [0.717, 1.165) is 12.3 Å². The van der Waals surface area contributed by atoms with Gasteiger partial charge in [-0.25, -0.2) is 0 Å². The van der Waals surface area contributed by atoms with Gasteiger partial charge < -0.3 is 0 Å². The number of carbonyl (C=O) groups excluding carboxylic acids is 3. The van der Waals surface area contributed by atoms with Crippen molar-refractivity contribution in [3.05, 3.63) is 21.7 Å². The maximum atomic E-state index is 7.50. The molecule has 0 aromatic carbocycles. The van der Waals surface area contributed by atoms with Gasteiger partial charge in [-0.2, -0.15) is 0 Å². The summed E-state index contributed by atoms with van der Waals surface area (Å²) in [5.74, 6) is 0.753. The molecule has 0 spiro atoms. The average Bonchev–Trinajstić information content (AvgIpc) is 2.68. The summed E-state index contributed by atoms with van der Waals surface area (Å²) in [5, 5.41) is 0. The monoisotopic (exact) mass is 275 g/mol. The molecule has 6 radical (unpaired) electrons. The zero-order valence-corrected chi connectivity index (χ0v) is 11.3. The van der Waals surface area contributed by atoms with Crippen LogP contribution in [0.25, 0.3) is 0 Å². The molecule has 0 atom stereocenters. The first-order valence-electron chi connectivity index (χ1n) is 4.76. The predicted octanol–water partition coefficient (Wildman–Crippen LogP) is 1.99. The Labute approximate surface area is 112 Å². The summed E-state index contributed by atoms with van der Waals surface area (Å²) in [6, 6.07) is 0. The van der Waals surface area contributed by atoms with Gasteiger partial charge in [0.1, 0.15) is 0 Å². The Hall–Kier alpha value is -0.991. The van der Waals surface area contributed by atoms with Gasteiger partial charge in [-0.05, 0) is 0 Å². The zero-order valence-electron chi connectivity index (χ0n) is 10.1. The molecule has 0 heterocycles. The van der Waals surface area contributed by atoms with Gasteiger partial charge in [-0.3, -0.25) is 14.4 Å². The van der Waals surface area contributed by atoms with E-state index in [1.165, 1.54) is 22.0 Å². The molecule has 17 heavy (non-hydrogen) atoms. The quantitative estimate of drug-likeness (QED) is 0.724. The molecule has 0 aromatic rings. The molecule has 1 rings (SSSR count). The fourth-order valence-electron chi connectivity index (χ4n) is 1.37. The van der Waals surface area contributed by atoms with Gasteiger partial charge in [0.25, 0.3) is 20.4 Å². The summed E-state index contributed by atoms with van der Waals surface area (Å²) in [6.07, 6.45) is 4.55. The molecule has 0 N–H and O–H groups in total. The predicted molar refractivity (Wildman–Crippen MR) is 61.9 cm³/mol. The van der Waals surface area contributed by atoms with Crippen LogP contribution in [-0.2, 0) is 30.4 Å². The van der Waals surface area contributed by atoms with Gasteiger partial charge in [0.15, 0.2) is 0 Å². The summed E-state index contributed by atoms with van der Waals surface area (Å²) in [6.45, 7) is 20.2. The third-order valence-electron chi connectivity index (χ3n) is 1.99. The second-order valence-corrected chi connectivity index (χ2v) is 4.22. The maximum absolute atomic E-state index is 7.50. The molecule has 0 saturated heterocycles. The first-order chi connectivity index (χ1) is 8.11. The summed E-state index contributed by atoms with van der Waals surface area (Å²) in [5.41, 5.74) is 2.95. The number of hydrogen-bond acceptors (Lipinski definition) is 3. The summed E-state index contributed by atoms with van der Waals surface area (Å²) < 4.78 is 1.33. The topological polar surface area (TPSA) is 51.2 Å². The van der Waals surface area contributed by atoms with E-state index in [1.807, 2.05) is 0 Å². The van der Waals surface area contributed by atoms with Crippen LogP contribution in [-0.4, -0.2) is 20.4 Å². The minimum absolute atomic E-state index is 0.753. The molecule has 0 amide bonds. The Morgan fingerprint density at radius 2 is 1.59 bits per heavy atom. The molecule has 0 fully saturated rings. The minimum atomic E-state index is 0.753. The van der Waals surface area contributed by atoms with Crippen molar-refractivity contribution >= 4 is 20.4 Å². The summed E-state index contributed by atoms with van der Waals surface area (Å²) in [4.78, 5) is 22.5. The molecule has 0 aromatic heterocycles. The van der Waals surface area contributed by atoms with Crippen molar-refractivity contribution in [2.75, 3.05) is 0 Å². The van der Waals surface area contributed by atoms with Crippen molar-refractivity contribution in [1.82, 2.24) is 0 Å². The Morgan fingerprint density at radius 1 is 1.18 bits per heavy atom. The zero-order chi connectivity index (χ0) is 14.4. The largest absolute Gasteiger partial charge is 0.281 e. The Bertz CT molecular complexity index is 253. The molecular formula is C13H15FeO3. The van der Waals surface area contributed by atoms with Crippen LogP contribution in [0, 0.1) is 5.92 Å². The minimum Gasteiger partial charge on any atom is -0.281 e. The van der Waals surface area contributed by atoms with Crippen molar-refractivity contribution in [3.8, 4) is 0 Å². The number of allylic oxidation sites excluding steroid dienone is 4. The van der Waals surface area contributed by atoms with Crippen LogP contribution < -0.4 is 0 Å². The van der Waals surface area contributed by atoms with E-state index < -0.39 is 0 Å². The van der Waals surface area contributed by atoms with E-state index >= 15 is 0 Å². The van der Waals surface area contributed by atoms with E-state index in [4.69, 9.17) is 14.4 Å². The van der Waals surface area contributed by atoms with E-state index in [1.54, 1.807) is 0 Å². The van der Waals surface area contributed by atoms with Gasteiger partial charge >= 0.3 is 77.2 Å². The van der Waals surface area contributed by atoms with Gasteiger partial charge in [0.2, 0.25) is 0 Å². The molecule has 0 bridgehead atoms. The van der Waals surface area contributed by atoms with Crippen LogP contribution in [0.3, 0.4) is 0 Å². The molecule has 0 aliphatic heterocycles. The number of rotatable bonds is 2. The molecule has 0 unspecified atom stereocenters. The van der Waals surface area contributed by atoms with Crippen LogP contribution in [0.1, 0.15) is 33.6 Å². The van der Waals surface area contributed by atoms with E-state index in [9.17, 15) is 0 Å². The molecule has 1 aliphatic rings. The van der Waals surface area contributed by atoms with Gasteiger partial charge in [0.05, 0.1) is 0 Å². The third kappa shape index (κ3) is 9.91.